The number of hydrogen-bond acceptors (Lipinski definition) is 4. The van der Waals surface area contributed by atoms with E-state index in [0.717, 1.165) is 24.1 Å². The lowest BCUT2D eigenvalue weighted by Crippen LogP contribution is -2.37. The Morgan fingerprint density at radius 2 is 2.03 bits per heavy atom. The van der Waals surface area contributed by atoms with Crippen LogP contribution in [-0.2, 0) is 13.0 Å². The van der Waals surface area contributed by atoms with E-state index in [1.165, 1.54) is 18.3 Å². The zero-order chi connectivity index (χ0) is 26.4. The number of carbonyl (C=O) groups is 2. The number of aromatic nitrogens is 1. The van der Waals surface area contributed by atoms with Crippen LogP contribution >= 0.6 is 11.6 Å². The summed E-state index contributed by atoms with van der Waals surface area (Å²) in [5.74, 6) is -1.41. The SMILES string of the molecule is CC.CC1=CC(NC(=O)NCc2ncc(C(=O)O)cc2Cl)c2cccc(F)c2CC1.CC=NCC. The van der Waals surface area contributed by atoms with Crippen molar-refractivity contribution < 1.29 is 19.1 Å². The highest BCUT2D eigenvalue weighted by atomic mass is 35.5. The molecule has 1 atom stereocenters. The van der Waals surface area contributed by atoms with Crippen molar-refractivity contribution >= 4 is 29.8 Å². The van der Waals surface area contributed by atoms with Crippen LogP contribution < -0.4 is 10.6 Å². The van der Waals surface area contributed by atoms with Gasteiger partial charge in [-0.1, -0.05) is 49.2 Å². The Bertz CT molecular complexity index is 1060. The van der Waals surface area contributed by atoms with E-state index in [1.807, 2.05) is 46.8 Å². The first-order chi connectivity index (χ1) is 16.8. The third kappa shape index (κ3) is 9.48. The molecule has 3 rings (SSSR count). The number of hydrogen-bond donors (Lipinski definition) is 3. The summed E-state index contributed by atoms with van der Waals surface area (Å²) in [6.45, 7) is 10.8. The molecular weight excluding hydrogens is 471 g/mol. The molecule has 0 fully saturated rings. The van der Waals surface area contributed by atoms with Crippen molar-refractivity contribution in [1.29, 1.82) is 0 Å². The second-order valence-corrected chi connectivity index (χ2v) is 7.75. The number of urea groups is 1. The number of rotatable bonds is 5. The number of pyridine rings is 1. The Morgan fingerprint density at radius 1 is 1.31 bits per heavy atom. The molecule has 0 aliphatic heterocycles. The van der Waals surface area contributed by atoms with Crippen LogP contribution in [-0.4, -0.2) is 34.9 Å². The molecule has 1 unspecified atom stereocenters. The van der Waals surface area contributed by atoms with Gasteiger partial charge in [0, 0.05) is 12.7 Å². The molecule has 0 radical (unpaired) electrons. The molecule has 2 aromatic rings. The standard InChI is InChI=1S/C20H19ClFN3O3.C4H9N.C2H6/c1-11-5-6-13-14(3-2-4-16(13)22)17(7-11)25-20(28)24-10-18-15(21)8-12(9-23-18)19(26)27;1-3-5-4-2;1-2/h2-4,7-9,17H,5-6,10H2,1H3,(H,26,27)(H2,24,25,28);3H,4H2,1-2H3;1-2H3. The minimum absolute atomic E-state index is 0.0238. The van der Waals surface area contributed by atoms with Gasteiger partial charge in [-0.15, -0.1) is 0 Å². The molecule has 1 aliphatic rings. The molecular formula is C26H34ClFN4O3. The molecule has 190 valence electrons. The Labute approximate surface area is 211 Å². The number of fused-ring (bicyclic) bond motifs is 1. The van der Waals surface area contributed by atoms with E-state index in [1.54, 1.807) is 12.3 Å². The minimum Gasteiger partial charge on any atom is -0.478 e. The maximum Gasteiger partial charge on any atom is 0.337 e. The van der Waals surface area contributed by atoms with Crippen molar-refractivity contribution in [2.24, 2.45) is 4.99 Å². The van der Waals surface area contributed by atoms with E-state index in [0.29, 0.717) is 17.7 Å². The number of carbonyl (C=O) groups excluding carboxylic acids is 1. The van der Waals surface area contributed by atoms with Crippen LogP contribution in [0, 0.1) is 5.82 Å². The van der Waals surface area contributed by atoms with Crippen LogP contribution in [0.25, 0.3) is 0 Å². The van der Waals surface area contributed by atoms with E-state index < -0.39 is 18.0 Å². The summed E-state index contributed by atoms with van der Waals surface area (Å²) in [5.41, 5.74) is 2.72. The fourth-order valence-corrected chi connectivity index (χ4v) is 3.51. The number of benzene rings is 1. The Hall–Kier alpha value is -3.26. The predicted molar refractivity (Wildman–Crippen MR) is 139 cm³/mol. The maximum atomic E-state index is 14.2. The average molecular weight is 505 g/mol. The largest absolute Gasteiger partial charge is 0.478 e. The zero-order valence-corrected chi connectivity index (χ0v) is 21.6. The van der Waals surface area contributed by atoms with Gasteiger partial charge in [-0.2, -0.15) is 0 Å². The van der Waals surface area contributed by atoms with Gasteiger partial charge in [0.25, 0.3) is 0 Å². The molecule has 1 aliphatic carbocycles. The summed E-state index contributed by atoms with van der Waals surface area (Å²) in [6, 6.07) is 5.22. The quantitative estimate of drug-likeness (QED) is 0.336. The van der Waals surface area contributed by atoms with Gasteiger partial charge in [-0.25, -0.2) is 14.0 Å². The van der Waals surface area contributed by atoms with Gasteiger partial charge >= 0.3 is 12.0 Å². The first-order valence-corrected chi connectivity index (χ1v) is 12.0. The van der Waals surface area contributed by atoms with Crippen molar-refractivity contribution in [3.63, 3.8) is 0 Å². The molecule has 1 heterocycles. The number of allylic oxidation sites excluding steroid dienone is 1. The number of carboxylic acid groups (broad SMARTS) is 1. The summed E-state index contributed by atoms with van der Waals surface area (Å²) >= 11 is 6.03. The summed E-state index contributed by atoms with van der Waals surface area (Å²) in [4.78, 5) is 31.1. The van der Waals surface area contributed by atoms with E-state index >= 15 is 0 Å². The molecule has 1 aromatic heterocycles. The number of nitrogens with zero attached hydrogens (tertiary/aromatic N) is 2. The van der Waals surface area contributed by atoms with E-state index in [-0.39, 0.29) is 22.9 Å². The van der Waals surface area contributed by atoms with Crippen molar-refractivity contribution in [2.45, 2.75) is 60.0 Å². The van der Waals surface area contributed by atoms with E-state index in [4.69, 9.17) is 16.7 Å². The van der Waals surface area contributed by atoms with Crippen LogP contribution in [0.4, 0.5) is 9.18 Å². The number of halogens is 2. The van der Waals surface area contributed by atoms with Crippen LogP contribution in [0.15, 0.2) is 47.1 Å². The highest BCUT2D eigenvalue weighted by Gasteiger charge is 2.21. The van der Waals surface area contributed by atoms with Crippen LogP contribution in [0.3, 0.4) is 0 Å². The number of amides is 2. The van der Waals surface area contributed by atoms with Crippen LogP contribution in [0.5, 0.6) is 0 Å². The first kappa shape index (κ1) is 29.8. The number of nitrogens with one attached hydrogen (secondary N) is 2. The molecule has 7 nitrogen and oxygen atoms in total. The maximum absolute atomic E-state index is 14.2. The fraction of sp³-hybridized carbons (Fsp3) is 0.385. The zero-order valence-electron chi connectivity index (χ0n) is 20.9. The topological polar surface area (TPSA) is 104 Å². The third-order valence-electron chi connectivity index (χ3n) is 4.94. The van der Waals surface area contributed by atoms with Crippen molar-refractivity contribution in [3.05, 3.63) is 75.3 Å². The summed E-state index contributed by atoms with van der Waals surface area (Å²) in [5, 5.41) is 14.6. The van der Waals surface area contributed by atoms with Gasteiger partial charge in [0.2, 0.25) is 0 Å². The molecule has 0 saturated heterocycles. The highest BCUT2D eigenvalue weighted by molar-refractivity contribution is 6.31. The number of aliphatic imine (C=N–C) groups is 1. The predicted octanol–water partition coefficient (Wildman–Crippen LogP) is 6.13. The number of aromatic carboxylic acids is 1. The Morgan fingerprint density at radius 3 is 2.60 bits per heavy atom. The minimum atomic E-state index is -1.13. The lowest BCUT2D eigenvalue weighted by atomic mass is 9.99. The molecule has 0 spiro atoms. The monoisotopic (exact) mass is 504 g/mol. The van der Waals surface area contributed by atoms with E-state index in [2.05, 4.69) is 20.6 Å². The fourth-order valence-electron chi connectivity index (χ4n) is 3.28. The van der Waals surface area contributed by atoms with Gasteiger partial charge < -0.3 is 15.7 Å². The molecule has 3 N–H and O–H groups in total. The molecule has 35 heavy (non-hydrogen) atoms. The summed E-state index contributed by atoms with van der Waals surface area (Å²) in [7, 11) is 0. The lowest BCUT2D eigenvalue weighted by molar-refractivity contribution is 0.0696. The molecule has 0 bridgehead atoms. The number of carboxylic acids is 1. The van der Waals surface area contributed by atoms with Crippen LogP contribution in [0.1, 0.15) is 74.3 Å². The lowest BCUT2D eigenvalue weighted by Gasteiger charge is -2.18. The second-order valence-electron chi connectivity index (χ2n) is 7.34. The Kier molecular flexibility index (Phi) is 13.3. The van der Waals surface area contributed by atoms with Gasteiger partial charge in [0.1, 0.15) is 5.82 Å². The first-order valence-electron chi connectivity index (χ1n) is 11.6. The molecule has 9 heteroatoms. The van der Waals surface area contributed by atoms with Gasteiger partial charge in [0.05, 0.1) is 28.9 Å². The van der Waals surface area contributed by atoms with Gasteiger partial charge in [-0.05, 0) is 63.1 Å². The summed E-state index contributed by atoms with van der Waals surface area (Å²) in [6.07, 6.45) is 6.21. The molecule has 2 amide bonds. The summed E-state index contributed by atoms with van der Waals surface area (Å²) < 4.78 is 14.2. The second kappa shape index (κ2) is 15.6. The normalized spacial score (nSPS) is 14.3. The highest BCUT2D eigenvalue weighted by Crippen LogP contribution is 2.29. The average Bonchev–Trinajstić information content (AvgIpc) is 2.99. The Balaban J connectivity index is 0.000000779. The third-order valence-corrected chi connectivity index (χ3v) is 5.27. The smallest absolute Gasteiger partial charge is 0.337 e. The van der Waals surface area contributed by atoms with Gasteiger partial charge in [-0.3, -0.25) is 9.98 Å². The van der Waals surface area contributed by atoms with Crippen molar-refractivity contribution in [1.82, 2.24) is 15.6 Å². The van der Waals surface area contributed by atoms with Crippen molar-refractivity contribution in [2.75, 3.05) is 6.54 Å². The van der Waals surface area contributed by atoms with Gasteiger partial charge in [0.15, 0.2) is 0 Å². The van der Waals surface area contributed by atoms with E-state index in [9.17, 15) is 14.0 Å². The molecule has 0 saturated carbocycles. The molecule has 1 aromatic carbocycles. The van der Waals surface area contributed by atoms with Crippen molar-refractivity contribution in [3.8, 4) is 0 Å². The van der Waals surface area contributed by atoms with Crippen LogP contribution in [0.2, 0.25) is 5.02 Å².